The molecule has 0 spiro atoms. The van der Waals surface area contributed by atoms with E-state index in [0.29, 0.717) is 5.75 Å². The van der Waals surface area contributed by atoms with E-state index in [-0.39, 0.29) is 32.9 Å². The number of rotatable bonds is 10. The van der Waals surface area contributed by atoms with Crippen molar-refractivity contribution in [1.29, 1.82) is 0 Å². The number of aliphatic hydroxyl groups is 2. The van der Waals surface area contributed by atoms with E-state index >= 15 is 0 Å². The number of amides is 1. The first kappa shape index (κ1) is 22.3. The molecule has 6 nitrogen and oxygen atoms in total. The predicted octanol–water partition coefficient (Wildman–Crippen LogP) is 3.93. The third-order valence-electron chi connectivity index (χ3n) is 4.78. The molecule has 0 saturated carbocycles. The number of hydrogen-bond donors (Lipinski definition) is 2. The van der Waals surface area contributed by atoms with Gasteiger partial charge in [-0.05, 0) is 28.8 Å². The van der Waals surface area contributed by atoms with Gasteiger partial charge in [-0.1, -0.05) is 72.8 Å². The molecule has 2 N–H and O–H groups in total. The summed E-state index contributed by atoms with van der Waals surface area (Å²) in [6.07, 6.45) is -1.35. The first-order valence-corrected chi connectivity index (χ1v) is 10.2. The van der Waals surface area contributed by atoms with Crippen molar-refractivity contribution < 1.29 is 24.5 Å². The van der Waals surface area contributed by atoms with Gasteiger partial charge in [-0.3, -0.25) is 0 Å². The van der Waals surface area contributed by atoms with Gasteiger partial charge >= 0.3 is 6.09 Å². The van der Waals surface area contributed by atoms with Gasteiger partial charge in [0.05, 0.1) is 25.8 Å². The lowest BCUT2D eigenvalue weighted by atomic mass is 10.1. The van der Waals surface area contributed by atoms with Crippen LogP contribution >= 0.6 is 0 Å². The van der Waals surface area contributed by atoms with Gasteiger partial charge in [0.1, 0.15) is 19.0 Å². The summed E-state index contributed by atoms with van der Waals surface area (Å²) in [5.41, 5.74) is 2.41. The molecule has 3 rings (SSSR count). The zero-order valence-corrected chi connectivity index (χ0v) is 17.3. The average molecular weight is 421 g/mol. The fraction of sp³-hybridized carbons (Fsp3) is 0.240. The molecule has 1 unspecified atom stereocenters. The smallest absolute Gasteiger partial charge is 0.410 e. The Labute approximate surface area is 182 Å². The van der Waals surface area contributed by atoms with E-state index in [2.05, 4.69) is 0 Å². The van der Waals surface area contributed by atoms with Crippen LogP contribution in [0, 0.1) is 0 Å². The van der Waals surface area contributed by atoms with Crippen molar-refractivity contribution in [1.82, 2.24) is 4.90 Å². The van der Waals surface area contributed by atoms with Crippen LogP contribution in [0.2, 0.25) is 0 Å². The van der Waals surface area contributed by atoms with Crippen LogP contribution in [0.15, 0.2) is 84.9 Å². The molecule has 0 aliphatic rings. The van der Waals surface area contributed by atoms with Crippen molar-refractivity contribution in [3.63, 3.8) is 0 Å². The van der Waals surface area contributed by atoms with Gasteiger partial charge in [0.2, 0.25) is 0 Å². The van der Waals surface area contributed by atoms with Crippen LogP contribution in [0.4, 0.5) is 4.79 Å². The summed E-state index contributed by atoms with van der Waals surface area (Å²) in [6, 6.07) is 25.7. The van der Waals surface area contributed by atoms with Crippen LogP contribution in [-0.4, -0.2) is 40.9 Å². The maximum absolute atomic E-state index is 12.7. The predicted molar refractivity (Wildman–Crippen MR) is 117 cm³/mol. The quantitative estimate of drug-likeness (QED) is 0.519. The zero-order valence-electron chi connectivity index (χ0n) is 17.3. The lowest BCUT2D eigenvalue weighted by Gasteiger charge is -2.25. The fourth-order valence-electron chi connectivity index (χ4n) is 3.02. The molecule has 162 valence electrons. The lowest BCUT2D eigenvalue weighted by molar-refractivity contribution is 0.0630. The molecule has 0 fully saturated rings. The van der Waals surface area contributed by atoms with Crippen LogP contribution in [0.3, 0.4) is 0 Å². The Kier molecular flexibility index (Phi) is 8.46. The molecule has 1 amide bonds. The Balaban J connectivity index is 1.60. The summed E-state index contributed by atoms with van der Waals surface area (Å²) in [6.45, 7) is 0.698. The van der Waals surface area contributed by atoms with Gasteiger partial charge in [0.25, 0.3) is 0 Å². The second-order valence-electron chi connectivity index (χ2n) is 7.06. The standard InChI is InChI=1S/C25H27NO5/c27-18-20-11-13-23(14-12-20)30-16-15-26(17-24(28)22-9-5-2-6-10-22)25(29)31-19-21-7-3-1-4-8-21/h1-14,24,27-28H,15-19H2. The van der Waals surface area contributed by atoms with Crippen molar-refractivity contribution in [2.24, 2.45) is 0 Å². The Morgan fingerprint density at radius 1 is 0.871 bits per heavy atom. The summed E-state index contributed by atoms with van der Waals surface area (Å²) in [7, 11) is 0. The second-order valence-corrected chi connectivity index (χ2v) is 7.06. The van der Waals surface area contributed by atoms with Crippen LogP contribution in [0.5, 0.6) is 5.75 Å². The topological polar surface area (TPSA) is 79.2 Å². The van der Waals surface area contributed by atoms with E-state index in [1.165, 1.54) is 4.90 Å². The summed E-state index contributed by atoms with van der Waals surface area (Å²) in [4.78, 5) is 14.2. The van der Waals surface area contributed by atoms with Crippen LogP contribution in [0.25, 0.3) is 0 Å². The molecule has 3 aromatic rings. The van der Waals surface area contributed by atoms with Gasteiger partial charge in [0.15, 0.2) is 0 Å². The second kappa shape index (κ2) is 11.7. The Bertz CT molecular complexity index is 916. The molecule has 3 aromatic carbocycles. The van der Waals surface area contributed by atoms with Crippen LogP contribution < -0.4 is 4.74 Å². The summed E-state index contributed by atoms with van der Waals surface area (Å²) in [5, 5.41) is 19.7. The summed E-state index contributed by atoms with van der Waals surface area (Å²) < 4.78 is 11.2. The molecule has 0 aromatic heterocycles. The van der Waals surface area contributed by atoms with Gasteiger partial charge < -0.3 is 24.6 Å². The van der Waals surface area contributed by atoms with Crippen LogP contribution in [-0.2, 0) is 18.0 Å². The highest BCUT2D eigenvalue weighted by Crippen LogP contribution is 2.16. The van der Waals surface area contributed by atoms with E-state index in [4.69, 9.17) is 14.6 Å². The maximum atomic E-state index is 12.7. The number of carbonyl (C=O) groups excluding carboxylic acids is 1. The van der Waals surface area contributed by atoms with Crippen molar-refractivity contribution in [2.75, 3.05) is 19.7 Å². The van der Waals surface area contributed by atoms with E-state index < -0.39 is 12.2 Å². The molecule has 1 atom stereocenters. The molecule has 6 heteroatoms. The Morgan fingerprint density at radius 2 is 1.52 bits per heavy atom. The van der Waals surface area contributed by atoms with Crippen molar-refractivity contribution >= 4 is 6.09 Å². The largest absolute Gasteiger partial charge is 0.492 e. The highest BCUT2D eigenvalue weighted by molar-refractivity contribution is 5.67. The van der Waals surface area contributed by atoms with E-state index in [1.807, 2.05) is 60.7 Å². The molecule has 0 saturated heterocycles. The average Bonchev–Trinajstić information content (AvgIpc) is 2.83. The minimum absolute atomic E-state index is 0.0291. The van der Waals surface area contributed by atoms with Crippen molar-refractivity contribution in [3.05, 3.63) is 102 Å². The van der Waals surface area contributed by atoms with E-state index in [9.17, 15) is 9.90 Å². The number of aliphatic hydroxyl groups excluding tert-OH is 2. The molecule has 0 heterocycles. The molecular weight excluding hydrogens is 394 g/mol. The van der Waals surface area contributed by atoms with Crippen molar-refractivity contribution in [2.45, 2.75) is 19.3 Å². The summed E-state index contributed by atoms with van der Waals surface area (Å²) >= 11 is 0. The van der Waals surface area contributed by atoms with Gasteiger partial charge in [-0.25, -0.2) is 4.79 Å². The monoisotopic (exact) mass is 421 g/mol. The minimum Gasteiger partial charge on any atom is -0.492 e. The van der Waals surface area contributed by atoms with Crippen molar-refractivity contribution in [3.8, 4) is 5.75 Å². The molecule has 0 bridgehead atoms. The number of ether oxygens (including phenoxy) is 2. The highest BCUT2D eigenvalue weighted by atomic mass is 16.6. The normalized spacial score (nSPS) is 11.5. The van der Waals surface area contributed by atoms with E-state index in [1.54, 1.807) is 24.3 Å². The zero-order chi connectivity index (χ0) is 21.9. The number of carbonyl (C=O) groups is 1. The third-order valence-corrected chi connectivity index (χ3v) is 4.78. The lowest BCUT2D eigenvalue weighted by Crippen LogP contribution is -2.38. The number of benzene rings is 3. The Hall–Kier alpha value is -3.35. The number of nitrogens with zero attached hydrogens (tertiary/aromatic N) is 1. The minimum atomic E-state index is -0.839. The SMILES string of the molecule is O=C(OCc1ccccc1)N(CCOc1ccc(CO)cc1)CC(O)c1ccccc1. The first-order valence-electron chi connectivity index (χ1n) is 10.2. The highest BCUT2D eigenvalue weighted by Gasteiger charge is 2.20. The molecule has 31 heavy (non-hydrogen) atoms. The van der Waals surface area contributed by atoms with E-state index in [0.717, 1.165) is 16.7 Å². The third kappa shape index (κ3) is 7.13. The number of hydrogen-bond acceptors (Lipinski definition) is 5. The Morgan fingerprint density at radius 3 is 2.16 bits per heavy atom. The molecule has 0 radical (unpaired) electrons. The molecule has 0 aliphatic heterocycles. The van der Waals surface area contributed by atoms with Gasteiger partial charge in [-0.2, -0.15) is 0 Å². The maximum Gasteiger partial charge on any atom is 0.410 e. The van der Waals surface area contributed by atoms with Gasteiger partial charge in [-0.15, -0.1) is 0 Å². The fourth-order valence-corrected chi connectivity index (χ4v) is 3.02. The van der Waals surface area contributed by atoms with Gasteiger partial charge in [0, 0.05) is 0 Å². The van der Waals surface area contributed by atoms with Crippen LogP contribution in [0.1, 0.15) is 22.8 Å². The molecule has 0 aliphatic carbocycles. The summed E-state index contributed by atoms with van der Waals surface area (Å²) in [5.74, 6) is 0.637. The molecular formula is C25H27NO5. The first-order chi connectivity index (χ1) is 15.2.